The topological polar surface area (TPSA) is 98.5 Å². The Morgan fingerprint density at radius 1 is 0.744 bits per heavy atom. The van der Waals surface area contributed by atoms with E-state index in [0.717, 1.165) is 12.1 Å². The van der Waals surface area contributed by atoms with Crippen molar-refractivity contribution in [2.24, 2.45) is 16.5 Å². The Labute approximate surface area is 227 Å². The second kappa shape index (κ2) is 13.0. The Bertz CT molecular complexity index is 1350. The van der Waals surface area contributed by atoms with E-state index in [-0.39, 0.29) is 22.3 Å². The molecule has 0 radical (unpaired) electrons. The van der Waals surface area contributed by atoms with E-state index in [1.54, 1.807) is 46.8 Å². The van der Waals surface area contributed by atoms with Crippen molar-refractivity contribution >= 4 is 39.9 Å². The van der Waals surface area contributed by atoms with Crippen LogP contribution in [0.4, 0.5) is 26.3 Å². The molecule has 12 heteroatoms. The average molecular weight is 576 g/mol. The summed E-state index contributed by atoms with van der Waals surface area (Å²) < 4.78 is 78.3. The predicted octanol–water partition coefficient (Wildman–Crippen LogP) is 7.67. The van der Waals surface area contributed by atoms with E-state index in [2.05, 4.69) is 4.99 Å². The highest BCUT2D eigenvalue weighted by Gasteiger charge is 2.36. The van der Waals surface area contributed by atoms with Gasteiger partial charge in [-0.2, -0.15) is 31.3 Å². The smallest absolute Gasteiger partial charge is 0.370 e. The van der Waals surface area contributed by atoms with Gasteiger partial charge in [-0.3, -0.25) is 9.59 Å². The molecule has 0 saturated carbocycles. The highest BCUT2D eigenvalue weighted by molar-refractivity contribution is 6.67. The zero-order valence-electron chi connectivity index (χ0n) is 22.0. The van der Waals surface area contributed by atoms with Crippen LogP contribution in [0.25, 0.3) is 11.1 Å². The first-order valence-corrected chi connectivity index (χ1v) is 11.7. The van der Waals surface area contributed by atoms with Gasteiger partial charge in [-0.15, -0.1) is 0 Å². The molecule has 0 saturated heterocycles. The Hall–Kier alpha value is -3.60. The Morgan fingerprint density at radius 2 is 1.10 bits per heavy atom. The van der Waals surface area contributed by atoms with Gasteiger partial charge in [-0.1, -0.05) is 24.3 Å². The maximum absolute atomic E-state index is 13.2. The van der Waals surface area contributed by atoms with Gasteiger partial charge in [0, 0.05) is 11.1 Å². The first-order valence-electron chi connectivity index (χ1n) is 11.3. The SMILES string of the molecule is CC=C(C)c1cc(C)c(C(=O)Cl)cc1C(F)(F)F.CC=C(C)c1cc(C)c(C(=O)N=C(N)N)cc1C(F)(F)F. The van der Waals surface area contributed by atoms with Crippen molar-refractivity contribution in [2.75, 3.05) is 0 Å². The van der Waals surface area contributed by atoms with Crippen molar-refractivity contribution in [1.29, 1.82) is 0 Å². The molecule has 212 valence electrons. The lowest BCUT2D eigenvalue weighted by Gasteiger charge is -2.16. The van der Waals surface area contributed by atoms with Crippen LogP contribution in [0.5, 0.6) is 0 Å². The van der Waals surface area contributed by atoms with E-state index in [4.69, 9.17) is 23.1 Å². The van der Waals surface area contributed by atoms with Crippen LogP contribution in [0.3, 0.4) is 0 Å². The van der Waals surface area contributed by atoms with Crippen LogP contribution < -0.4 is 11.5 Å². The molecule has 0 aliphatic rings. The first-order chi connectivity index (χ1) is 17.8. The minimum atomic E-state index is -4.58. The monoisotopic (exact) mass is 575 g/mol. The molecule has 4 N–H and O–H groups in total. The lowest BCUT2D eigenvalue weighted by Crippen LogP contribution is -2.24. The molecule has 0 fully saturated rings. The van der Waals surface area contributed by atoms with Crippen molar-refractivity contribution in [3.63, 3.8) is 0 Å². The number of hydrogen-bond donors (Lipinski definition) is 2. The maximum atomic E-state index is 13.2. The average Bonchev–Trinajstić information content (AvgIpc) is 2.80. The van der Waals surface area contributed by atoms with Gasteiger partial charge in [0.1, 0.15) is 0 Å². The number of aliphatic imine (C=N–C) groups is 1. The van der Waals surface area contributed by atoms with Crippen LogP contribution in [-0.4, -0.2) is 17.1 Å². The van der Waals surface area contributed by atoms with Crippen LogP contribution in [0.1, 0.15) is 81.8 Å². The number of benzene rings is 2. The summed E-state index contributed by atoms with van der Waals surface area (Å²) in [5.41, 5.74) is 10.0. The van der Waals surface area contributed by atoms with Gasteiger partial charge in [-0.05, 0) is 98.7 Å². The molecule has 0 aliphatic heterocycles. The number of allylic oxidation sites excluding steroid dienone is 4. The van der Waals surface area contributed by atoms with E-state index in [0.29, 0.717) is 22.3 Å². The molecular formula is C27H28ClF6N3O2. The summed E-state index contributed by atoms with van der Waals surface area (Å²) in [6, 6.07) is 4.25. The normalized spacial score (nSPS) is 12.4. The number of carbonyl (C=O) groups excluding carboxylic acids is 2. The number of rotatable bonds is 4. The predicted molar refractivity (Wildman–Crippen MR) is 141 cm³/mol. The molecule has 0 heterocycles. The zero-order valence-corrected chi connectivity index (χ0v) is 22.8. The third-order valence-corrected chi connectivity index (χ3v) is 5.93. The second-order valence-corrected chi connectivity index (χ2v) is 8.82. The van der Waals surface area contributed by atoms with Crippen molar-refractivity contribution in [2.45, 2.75) is 53.9 Å². The van der Waals surface area contributed by atoms with E-state index >= 15 is 0 Å². The van der Waals surface area contributed by atoms with Crippen LogP contribution in [0.2, 0.25) is 0 Å². The lowest BCUT2D eigenvalue weighted by atomic mass is 9.94. The minimum absolute atomic E-state index is 0.0313. The quantitative estimate of drug-likeness (QED) is 0.169. The molecule has 39 heavy (non-hydrogen) atoms. The van der Waals surface area contributed by atoms with Crippen molar-refractivity contribution in [3.05, 3.63) is 80.9 Å². The van der Waals surface area contributed by atoms with Gasteiger partial charge in [0.15, 0.2) is 5.96 Å². The summed E-state index contributed by atoms with van der Waals surface area (Å²) in [6.07, 6.45) is -5.94. The third-order valence-electron chi connectivity index (χ3n) is 5.73. The van der Waals surface area contributed by atoms with Gasteiger partial charge in [0.05, 0.1) is 11.1 Å². The number of aryl methyl sites for hydroxylation is 2. The number of halogens is 7. The molecule has 0 atom stereocenters. The van der Waals surface area contributed by atoms with Crippen LogP contribution in [0, 0.1) is 13.8 Å². The van der Waals surface area contributed by atoms with Crippen molar-refractivity contribution in [1.82, 2.24) is 0 Å². The Morgan fingerprint density at radius 3 is 1.41 bits per heavy atom. The largest absolute Gasteiger partial charge is 0.417 e. The summed E-state index contributed by atoms with van der Waals surface area (Å²) in [4.78, 5) is 26.1. The molecule has 0 aliphatic carbocycles. The first kappa shape index (κ1) is 33.4. The number of hydrogen-bond acceptors (Lipinski definition) is 2. The third kappa shape index (κ3) is 8.71. The van der Waals surface area contributed by atoms with E-state index < -0.39 is 40.6 Å². The maximum Gasteiger partial charge on any atom is 0.417 e. The lowest BCUT2D eigenvalue weighted by molar-refractivity contribution is -0.138. The summed E-state index contributed by atoms with van der Waals surface area (Å²) >= 11 is 5.28. The van der Waals surface area contributed by atoms with Gasteiger partial charge in [-0.25, -0.2) is 0 Å². The summed E-state index contributed by atoms with van der Waals surface area (Å²) in [7, 11) is 0. The molecular weight excluding hydrogens is 548 g/mol. The number of alkyl halides is 6. The fourth-order valence-electron chi connectivity index (χ4n) is 3.47. The van der Waals surface area contributed by atoms with E-state index in [1.807, 2.05) is 0 Å². The van der Waals surface area contributed by atoms with Crippen LogP contribution in [-0.2, 0) is 12.4 Å². The highest BCUT2D eigenvalue weighted by Crippen LogP contribution is 2.38. The molecule has 0 bridgehead atoms. The zero-order chi connectivity index (χ0) is 30.5. The molecule has 5 nitrogen and oxygen atoms in total. The summed E-state index contributed by atoms with van der Waals surface area (Å²) in [5.74, 6) is -1.40. The van der Waals surface area contributed by atoms with E-state index in [1.165, 1.54) is 19.1 Å². The molecule has 0 unspecified atom stereocenters. The molecule has 0 aromatic heterocycles. The van der Waals surface area contributed by atoms with Crippen LogP contribution in [0.15, 0.2) is 41.4 Å². The number of guanidine groups is 1. The van der Waals surface area contributed by atoms with Gasteiger partial charge >= 0.3 is 12.4 Å². The molecule has 2 rings (SSSR count). The Kier molecular flexibility index (Phi) is 11.1. The molecule has 1 amide bonds. The van der Waals surface area contributed by atoms with Crippen LogP contribution >= 0.6 is 11.6 Å². The number of carbonyl (C=O) groups is 2. The number of nitrogens with two attached hydrogens (primary N) is 2. The standard InChI is InChI=1S/C14H16F3N3O.C13H12ClF3O/c1-4-7(2)9-5-8(3)10(12(21)20-13(18)19)6-11(9)14(15,16)17;1-4-7(2)9-5-8(3)10(12(14)18)6-11(9)13(15,16)17/h4-6H,1-3H3,(H4,18,19,20,21);4-6H,1-3H3. The van der Waals surface area contributed by atoms with E-state index in [9.17, 15) is 35.9 Å². The Balaban J connectivity index is 0.000000395. The summed E-state index contributed by atoms with van der Waals surface area (Å²) in [5, 5.41) is -0.886. The van der Waals surface area contributed by atoms with Gasteiger partial charge < -0.3 is 11.5 Å². The van der Waals surface area contributed by atoms with Crippen molar-refractivity contribution in [3.8, 4) is 0 Å². The second-order valence-electron chi connectivity index (χ2n) is 8.48. The fraction of sp³-hybridized carbons (Fsp3) is 0.296. The minimum Gasteiger partial charge on any atom is -0.370 e. The van der Waals surface area contributed by atoms with Gasteiger partial charge in [0.25, 0.3) is 11.1 Å². The summed E-state index contributed by atoms with van der Waals surface area (Å²) in [6.45, 7) is 9.55. The highest BCUT2D eigenvalue weighted by atomic mass is 35.5. The molecule has 2 aromatic carbocycles. The fourth-order valence-corrected chi connectivity index (χ4v) is 3.67. The molecule has 0 spiro atoms. The van der Waals surface area contributed by atoms with Gasteiger partial charge in [0.2, 0.25) is 0 Å². The number of amides is 1. The molecule has 2 aromatic rings. The number of nitrogens with zero attached hydrogens (tertiary/aromatic N) is 1. The van der Waals surface area contributed by atoms with Crippen molar-refractivity contribution < 1.29 is 35.9 Å².